The number of carbonyl (C=O) groups is 13. The molecule has 25 N–H and O–H groups in total. The molecule has 7 rings (SSSR count). The predicted molar refractivity (Wildman–Crippen MR) is 420 cm³/mol. The van der Waals surface area contributed by atoms with E-state index in [1.807, 2.05) is 6.92 Å². The minimum absolute atomic E-state index is 0.00546. The van der Waals surface area contributed by atoms with Crippen molar-refractivity contribution in [3.8, 4) is 5.75 Å². The van der Waals surface area contributed by atoms with Crippen molar-refractivity contribution in [3.63, 3.8) is 0 Å². The number of unbranched alkanes of at least 4 members (excludes halogenated alkanes) is 1. The number of nitrogens with two attached hydrogens (primary N) is 4. The van der Waals surface area contributed by atoms with Crippen molar-refractivity contribution in [3.05, 3.63) is 150 Å². The van der Waals surface area contributed by atoms with Crippen LogP contribution in [0.2, 0.25) is 0 Å². The van der Waals surface area contributed by atoms with Gasteiger partial charge in [-0.1, -0.05) is 137 Å². The second-order valence-corrected chi connectivity index (χ2v) is 28.3. The number of benzene rings is 5. The van der Waals surface area contributed by atoms with Crippen LogP contribution in [-0.4, -0.2) is 196 Å². The maximum atomic E-state index is 15.8. The number of primary amides is 1. The lowest BCUT2D eigenvalue weighted by atomic mass is 9.86. The number of rotatable bonds is 43. The fourth-order valence-corrected chi connectivity index (χ4v) is 13.1. The van der Waals surface area contributed by atoms with Crippen LogP contribution in [-0.2, 0) is 87.1 Å². The Morgan fingerprint density at radius 2 is 1.08 bits per heavy atom. The van der Waals surface area contributed by atoms with E-state index >= 15 is 19.2 Å². The topological polar surface area (TPSA) is 578 Å². The molecule has 113 heavy (non-hydrogen) atoms. The van der Waals surface area contributed by atoms with E-state index in [-0.39, 0.29) is 88.7 Å². The first-order valence-electron chi connectivity index (χ1n) is 37.4. The smallest absolute Gasteiger partial charge is 0.305 e. The zero-order valence-corrected chi connectivity index (χ0v) is 63.6. The number of nitrogens with zero attached hydrogens (tertiary/aromatic N) is 1. The van der Waals surface area contributed by atoms with Crippen LogP contribution in [0.4, 0.5) is 0 Å². The average molecular weight is 1560 g/mol. The van der Waals surface area contributed by atoms with Crippen molar-refractivity contribution in [2.24, 2.45) is 28.9 Å². The van der Waals surface area contributed by atoms with Gasteiger partial charge in [-0.2, -0.15) is 0 Å². The molecule has 0 aliphatic carbocycles. The van der Waals surface area contributed by atoms with Crippen LogP contribution in [0.3, 0.4) is 0 Å². The third-order valence-electron chi connectivity index (χ3n) is 19.2. The summed E-state index contributed by atoms with van der Waals surface area (Å²) in [6.07, 6.45) is 1.43. The van der Waals surface area contributed by atoms with E-state index in [2.05, 4.69) is 68.8 Å². The number of aromatic hydroxyl groups is 1. The Balaban J connectivity index is 1.14. The lowest BCUT2D eigenvalue weighted by molar-refractivity contribution is -0.142. The van der Waals surface area contributed by atoms with E-state index < -0.39 is 174 Å². The van der Waals surface area contributed by atoms with Crippen LogP contribution in [0.15, 0.2) is 128 Å². The molecule has 5 aromatic carbocycles. The molecule has 2 heterocycles. The number of nitrogens with one attached hydrogen (secondary N) is 15. The number of hydrogen-bond acceptors (Lipinski definition) is 17. The number of phenols is 1. The summed E-state index contributed by atoms with van der Waals surface area (Å²) in [5, 5.41) is 68.9. The van der Waals surface area contributed by atoms with Gasteiger partial charge in [0.25, 0.3) is 5.91 Å². The first-order chi connectivity index (χ1) is 53.8. The van der Waals surface area contributed by atoms with E-state index in [9.17, 15) is 53.4 Å². The number of phenolic OH excluding ortho intramolecular Hbond substituents is 1. The van der Waals surface area contributed by atoms with Crippen LogP contribution in [0.1, 0.15) is 114 Å². The highest BCUT2D eigenvalue weighted by Crippen LogP contribution is 2.31. The minimum atomic E-state index is -2.12. The van der Waals surface area contributed by atoms with Gasteiger partial charge in [-0.25, -0.2) is 0 Å². The summed E-state index contributed by atoms with van der Waals surface area (Å²) in [4.78, 5) is 189. The van der Waals surface area contributed by atoms with Crippen LogP contribution in [0.25, 0.3) is 21.7 Å². The molecule has 1 saturated heterocycles. The Hall–Kier alpha value is -12.7. The van der Waals surface area contributed by atoms with E-state index in [1.165, 1.54) is 24.0 Å². The Morgan fingerprint density at radius 3 is 1.71 bits per heavy atom. The number of aromatic nitrogens is 1. The molecule has 0 radical (unpaired) electrons. The summed E-state index contributed by atoms with van der Waals surface area (Å²) < 4.78 is 0. The van der Waals surface area contributed by atoms with E-state index in [0.717, 1.165) is 0 Å². The number of H-pyrrole nitrogens is 1. The first-order valence-corrected chi connectivity index (χ1v) is 37.4. The van der Waals surface area contributed by atoms with Crippen molar-refractivity contribution in [1.82, 2.24) is 73.7 Å². The van der Waals surface area contributed by atoms with Gasteiger partial charge < -0.3 is 107 Å². The van der Waals surface area contributed by atoms with Crippen molar-refractivity contribution in [2.45, 2.75) is 171 Å². The lowest BCUT2D eigenvalue weighted by Gasteiger charge is -2.35. The summed E-state index contributed by atoms with van der Waals surface area (Å²) in [7, 11) is 0. The summed E-state index contributed by atoms with van der Waals surface area (Å²) in [5.41, 5.74) is 23.2. The quantitative estimate of drug-likeness (QED) is 0.0129. The van der Waals surface area contributed by atoms with Crippen LogP contribution in [0, 0.1) is 16.7 Å². The fraction of sp³-hybridized carbons (Fsp3) is 0.423. The zero-order chi connectivity index (χ0) is 82.5. The summed E-state index contributed by atoms with van der Waals surface area (Å²) in [5.74, 6) is -13.3. The van der Waals surface area contributed by atoms with Crippen molar-refractivity contribution in [1.29, 1.82) is 10.8 Å². The number of carbonyl (C=O) groups excluding carboxylic acids is 12. The number of para-hydroxylation sites is 1. The molecule has 1 aromatic heterocycles. The third-order valence-corrected chi connectivity index (χ3v) is 19.2. The number of amides is 12. The molecular formula is C78H104N20O15. The zero-order valence-electron chi connectivity index (χ0n) is 63.6. The molecule has 1 aliphatic rings. The Morgan fingerprint density at radius 1 is 0.558 bits per heavy atom. The second kappa shape index (κ2) is 42.5. The van der Waals surface area contributed by atoms with Gasteiger partial charge in [0.15, 0.2) is 11.9 Å². The number of fused-ring (bicyclic) bond motifs is 2. The number of hydrogen-bond donors (Lipinski definition) is 21. The van der Waals surface area contributed by atoms with Crippen LogP contribution in [0.5, 0.6) is 5.75 Å². The van der Waals surface area contributed by atoms with Gasteiger partial charge in [-0.05, 0) is 115 Å². The van der Waals surface area contributed by atoms with Crippen molar-refractivity contribution in [2.75, 3.05) is 32.7 Å². The van der Waals surface area contributed by atoms with Gasteiger partial charge in [0, 0.05) is 49.6 Å². The molecule has 0 unspecified atom stereocenters. The van der Waals surface area contributed by atoms with Crippen LogP contribution >= 0.6 is 0 Å². The summed E-state index contributed by atoms with van der Waals surface area (Å²) in [6.45, 7) is 5.54. The highest BCUT2D eigenvalue weighted by Gasteiger charge is 2.45. The molecule has 35 nitrogen and oxygen atoms in total. The standard InChI is InChI=1S/C78H104N20O15/c1-5-6-25-55(91-74(112)65(44(2)3)96-66(104)53(79)37-46-30-32-49(99)33-31-46)67(105)89-43-63(101)98-36-17-29-61(98)73(111)97-78(4,52-24-14-21-47-20-10-11-22-50(47)52)75(113)95-57(28-16-35-86-77(83)84)70(108)93-59(39-48-41-87-54-26-13-12-23-51(48)54)71(109)94-60(40-64(102)103)72(110)90-56(27-15-34-85-76(81)82)69(107)92-58(68(106)88-42-62(80)100)38-45-18-8-7-9-19-45/h7-14,18-24,26,30-33,41,44,53,55-61,65,87,99H,5-6,15-17,25,27-29,34-40,42-43,79H2,1-4H3,(H2,80,100)(H,88,106)(H,89,105)(H,90,110)(H,91,112)(H,92,107)(H,93,108)(H,94,109)(H,95,113)(H,96,104)(H,97,111)(H,102,103)(H4,81,82,85)(H4,83,84,86)/t53-,55-,56-,57-,58-,59-,60-,61-,65-,78+/m0/s1. The second-order valence-electron chi connectivity index (χ2n) is 28.3. The highest BCUT2D eigenvalue weighted by atomic mass is 16.4. The number of guanidine groups is 2. The van der Waals surface area contributed by atoms with Gasteiger partial charge >= 0.3 is 5.97 Å². The van der Waals surface area contributed by atoms with E-state index in [4.69, 9.17) is 33.8 Å². The molecule has 10 atom stereocenters. The molecule has 6 aromatic rings. The summed E-state index contributed by atoms with van der Waals surface area (Å²) in [6, 6.07) is 20.7. The van der Waals surface area contributed by atoms with Gasteiger partial charge in [0.05, 0.1) is 25.6 Å². The molecule has 35 heteroatoms. The van der Waals surface area contributed by atoms with Gasteiger partial charge in [0.1, 0.15) is 59.6 Å². The van der Waals surface area contributed by atoms with E-state index in [0.29, 0.717) is 57.6 Å². The number of carboxylic acid groups (broad SMARTS) is 1. The van der Waals surface area contributed by atoms with E-state index in [1.54, 1.807) is 129 Å². The molecule has 606 valence electrons. The largest absolute Gasteiger partial charge is 0.508 e. The molecule has 1 aliphatic heterocycles. The first kappa shape index (κ1) is 87.5. The van der Waals surface area contributed by atoms with Crippen LogP contribution < -0.4 is 86.7 Å². The normalized spacial score (nSPS) is 15.1. The van der Waals surface area contributed by atoms with Crippen molar-refractivity contribution < 1.29 is 72.5 Å². The molecule has 0 spiro atoms. The highest BCUT2D eigenvalue weighted by molar-refractivity contribution is 6.03. The Labute approximate surface area is 652 Å². The molecule has 1 fully saturated rings. The SMILES string of the molecule is CCCC[C@H](NC(=O)[C@@H](NC(=O)[C@@H](N)Cc1ccc(O)cc1)C(C)C)C(=O)NCC(=O)N1CCC[C@H]1C(=O)N[C@@](C)(C(=O)N[C@@H](CCCNC(=N)N)C(=O)N[C@@H](Cc1c[nH]c2ccccc12)C(=O)N[C@@H](CC(=O)O)C(=O)N[C@@H](CCCNC(=N)N)C(=O)N[C@@H](Cc1ccccc1)C(=O)NCC(N)=O)c1cccc2ccccc12. The summed E-state index contributed by atoms with van der Waals surface area (Å²) >= 11 is 0. The lowest BCUT2D eigenvalue weighted by Crippen LogP contribution is -2.62. The molecule has 0 bridgehead atoms. The Kier molecular flexibility index (Phi) is 32.9. The number of aliphatic carboxylic acids is 1. The van der Waals surface area contributed by atoms with Gasteiger partial charge in [-0.3, -0.25) is 73.1 Å². The molecular weight excluding hydrogens is 1460 g/mol. The predicted octanol–water partition coefficient (Wildman–Crippen LogP) is -0.637. The Bertz CT molecular complexity index is 4380. The third kappa shape index (κ3) is 26.2. The van der Waals surface area contributed by atoms with Gasteiger partial charge in [0.2, 0.25) is 65.0 Å². The monoisotopic (exact) mass is 1560 g/mol. The maximum Gasteiger partial charge on any atom is 0.305 e. The average Bonchev–Trinajstić information content (AvgIpc) is 1.69. The van der Waals surface area contributed by atoms with Gasteiger partial charge in [-0.15, -0.1) is 0 Å². The van der Waals surface area contributed by atoms with Crippen molar-refractivity contribution >= 4 is 110 Å². The minimum Gasteiger partial charge on any atom is -0.508 e. The fourth-order valence-electron chi connectivity index (χ4n) is 13.1. The number of carboxylic acids is 1. The molecule has 0 saturated carbocycles. The molecule has 12 amide bonds. The number of likely N-dealkylation sites (tertiary alicyclic amines) is 1. The maximum absolute atomic E-state index is 15.8. The number of aromatic amines is 1.